The van der Waals surface area contributed by atoms with Crippen LogP contribution in [-0.4, -0.2) is 29.6 Å². The molecule has 100 valence electrons. The van der Waals surface area contributed by atoms with Crippen molar-refractivity contribution in [1.29, 1.82) is 0 Å². The highest BCUT2D eigenvalue weighted by atomic mass is 16.3. The van der Waals surface area contributed by atoms with Gasteiger partial charge in [0.2, 0.25) is 0 Å². The molecule has 0 bridgehead atoms. The van der Waals surface area contributed by atoms with Crippen molar-refractivity contribution in [3.63, 3.8) is 0 Å². The fourth-order valence-corrected chi connectivity index (χ4v) is 3.10. The normalized spacial score (nSPS) is 18.3. The number of phenolic OH excluding ortho intramolecular Hbond substituents is 1. The molecule has 0 spiro atoms. The van der Waals surface area contributed by atoms with Crippen LogP contribution < -0.4 is 0 Å². The van der Waals surface area contributed by atoms with E-state index in [1.807, 2.05) is 12.1 Å². The van der Waals surface area contributed by atoms with Gasteiger partial charge in [-0.25, -0.2) is 0 Å². The van der Waals surface area contributed by atoms with Crippen molar-refractivity contribution in [3.05, 3.63) is 29.3 Å². The van der Waals surface area contributed by atoms with Gasteiger partial charge in [0.15, 0.2) is 0 Å². The summed E-state index contributed by atoms with van der Waals surface area (Å²) in [6, 6.07) is 5.88. The van der Waals surface area contributed by atoms with Crippen LogP contribution in [0.5, 0.6) is 5.75 Å². The van der Waals surface area contributed by atoms with Crippen molar-refractivity contribution in [2.75, 3.05) is 19.6 Å². The molecule has 2 nitrogen and oxygen atoms in total. The van der Waals surface area contributed by atoms with Gasteiger partial charge in [-0.2, -0.15) is 0 Å². The monoisotopic (exact) mass is 247 g/mol. The molecule has 1 aliphatic rings. The van der Waals surface area contributed by atoms with E-state index in [2.05, 4.69) is 24.8 Å². The molecule has 2 rings (SSSR count). The summed E-state index contributed by atoms with van der Waals surface area (Å²) in [6.07, 6.45) is 4.86. The fraction of sp³-hybridized carbons (Fsp3) is 0.625. The average Bonchev–Trinajstić information content (AvgIpc) is 2.73. The summed E-state index contributed by atoms with van der Waals surface area (Å²) in [6.45, 7) is 8.03. The number of benzene rings is 1. The Morgan fingerprint density at radius 3 is 2.61 bits per heavy atom. The third-order valence-corrected chi connectivity index (χ3v) is 3.89. The molecular weight excluding hydrogens is 222 g/mol. The number of hydrogen-bond acceptors (Lipinski definition) is 2. The van der Waals surface area contributed by atoms with Crippen LogP contribution in [0.3, 0.4) is 0 Å². The Morgan fingerprint density at radius 1 is 1.22 bits per heavy atom. The average molecular weight is 247 g/mol. The van der Waals surface area contributed by atoms with Crippen LogP contribution in [0, 0.1) is 0 Å². The fourth-order valence-electron chi connectivity index (χ4n) is 3.10. The van der Waals surface area contributed by atoms with E-state index in [9.17, 15) is 5.11 Å². The molecule has 18 heavy (non-hydrogen) atoms. The number of aromatic hydroxyl groups is 1. The lowest BCUT2D eigenvalue weighted by Gasteiger charge is -2.25. The lowest BCUT2D eigenvalue weighted by Crippen LogP contribution is -2.29. The van der Waals surface area contributed by atoms with Crippen LogP contribution in [0.15, 0.2) is 18.2 Å². The zero-order valence-electron chi connectivity index (χ0n) is 11.7. The summed E-state index contributed by atoms with van der Waals surface area (Å²) in [7, 11) is 0. The van der Waals surface area contributed by atoms with Crippen LogP contribution in [0.25, 0.3) is 0 Å². The van der Waals surface area contributed by atoms with E-state index in [0.717, 1.165) is 6.54 Å². The van der Waals surface area contributed by atoms with Crippen molar-refractivity contribution in [2.24, 2.45) is 0 Å². The number of hydrogen-bond donors (Lipinski definition) is 1. The minimum absolute atomic E-state index is 0.415. The van der Waals surface area contributed by atoms with Gasteiger partial charge in [0.25, 0.3) is 0 Å². The molecule has 0 aromatic heterocycles. The van der Waals surface area contributed by atoms with Gasteiger partial charge < -0.3 is 10.0 Å². The molecule has 1 aromatic carbocycles. The van der Waals surface area contributed by atoms with Gasteiger partial charge in [0.1, 0.15) is 5.75 Å². The predicted octanol–water partition coefficient (Wildman–Crippen LogP) is 3.54. The minimum atomic E-state index is 0.415. The molecule has 0 aliphatic heterocycles. The van der Waals surface area contributed by atoms with Gasteiger partial charge >= 0.3 is 0 Å². The first-order valence-corrected chi connectivity index (χ1v) is 7.28. The quantitative estimate of drug-likeness (QED) is 0.831. The van der Waals surface area contributed by atoms with E-state index < -0.39 is 0 Å². The maximum Gasteiger partial charge on any atom is 0.115 e. The summed E-state index contributed by atoms with van der Waals surface area (Å²) < 4.78 is 0. The Kier molecular flexibility index (Phi) is 4.65. The summed E-state index contributed by atoms with van der Waals surface area (Å²) in [5.41, 5.74) is 2.82. The largest absolute Gasteiger partial charge is 0.508 e. The molecule has 1 atom stereocenters. The number of fused-ring (bicyclic) bond motifs is 1. The molecule has 0 heterocycles. The molecule has 1 unspecified atom stereocenters. The van der Waals surface area contributed by atoms with Crippen LogP contribution in [0.2, 0.25) is 0 Å². The second-order valence-electron chi connectivity index (χ2n) is 5.42. The van der Waals surface area contributed by atoms with Crippen LogP contribution in [0.1, 0.15) is 50.2 Å². The zero-order valence-corrected chi connectivity index (χ0v) is 11.7. The Balaban J connectivity index is 2.05. The zero-order chi connectivity index (χ0) is 13.0. The van der Waals surface area contributed by atoms with Crippen LogP contribution >= 0.6 is 0 Å². The van der Waals surface area contributed by atoms with Gasteiger partial charge in [-0.3, -0.25) is 0 Å². The molecule has 1 N–H and O–H groups in total. The summed E-state index contributed by atoms with van der Waals surface area (Å²) in [4.78, 5) is 2.57. The Bertz CT molecular complexity index is 383. The van der Waals surface area contributed by atoms with Gasteiger partial charge in [-0.05, 0) is 68.0 Å². The second kappa shape index (κ2) is 6.24. The van der Waals surface area contributed by atoms with Crippen molar-refractivity contribution >= 4 is 0 Å². The summed E-state index contributed by atoms with van der Waals surface area (Å²) in [5, 5.41) is 9.64. The van der Waals surface area contributed by atoms with E-state index in [0.29, 0.717) is 11.7 Å². The van der Waals surface area contributed by atoms with E-state index in [1.54, 1.807) is 0 Å². The molecule has 2 heteroatoms. The number of phenols is 1. The van der Waals surface area contributed by atoms with E-state index in [1.165, 1.54) is 49.9 Å². The molecule has 0 radical (unpaired) electrons. The van der Waals surface area contributed by atoms with Crippen molar-refractivity contribution in [1.82, 2.24) is 4.90 Å². The third kappa shape index (κ3) is 3.05. The summed E-state index contributed by atoms with van der Waals surface area (Å²) in [5.74, 6) is 1.03. The molecule has 1 aromatic rings. The third-order valence-electron chi connectivity index (χ3n) is 3.89. The van der Waals surface area contributed by atoms with Crippen LogP contribution in [0.4, 0.5) is 0 Å². The molecule has 0 fully saturated rings. The Morgan fingerprint density at radius 2 is 1.94 bits per heavy atom. The highest BCUT2D eigenvalue weighted by molar-refractivity contribution is 5.40. The highest BCUT2D eigenvalue weighted by Gasteiger charge is 2.24. The molecule has 0 amide bonds. The maximum absolute atomic E-state index is 9.64. The highest BCUT2D eigenvalue weighted by Crippen LogP contribution is 2.35. The first kappa shape index (κ1) is 13.4. The first-order valence-electron chi connectivity index (χ1n) is 7.28. The smallest absolute Gasteiger partial charge is 0.115 e. The van der Waals surface area contributed by atoms with Crippen molar-refractivity contribution in [2.45, 2.75) is 45.4 Å². The molecular formula is C16H25NO. The second-order valence-corrected chi connectivity index (χ2v) is 5.42. The minimum Gasteiger partial charge on any atom is -0.508 e. The number of rotatable bonds is 6. The molecule has 0 saturated heterocycles. The van der Waals surface area contributed by atoms with Crippen LogP contribution in [-0.2, 0) is 6.42 Å². The standard InChI is InChI=1S/C16H25NO/c1-3-9-17(10-4-2)12-14-6-5-13-7-8-15(18)11-16(13)14/h7-8,11,14,18H,3-6,9-10,12H2,1-2H3. The van der Waals surface area contributed by atoms with Crippen molar-refractivity contribution in [3.8, 4) is 5.75 Å². The van der Waals surface area contributed by atoms with Gasteiger partial charge in [-0.1, -0.05) is 19.9 Å². The topological polar surface area (TPSA) is 23.5 Å². The van der Waals surface area contributed by atoms with E-state index in [4.69, 9.17) is 0 Å². The van der Waals surface area contributed by atoms with Gasteiger partial charge in [0, 0.05) is 6.54 Å². The number of nitrogens with zero attached hydrogens (tertiary/aromatic N) is 1. The SMILES string of the molecule is CCCN(CCC)CC1CCc2ccc(O)cc21. The van der Waals surface area contributed by atoms with E-state index in [-0.39, 0.29) is 0 Å². The lowest BCUT2D eigenvalue weighted by molar-refractivity contribution is 0.256. The molecule has 0 saturated carbocycles. The molecule has 1 aliphatic carbocycles. The van der Waals surface area contributed by atoms with E-state index >= 15 is 0 Å². The Hall–Kier alpha value is -1.02. The maximum atomic E-state index is 9.64. The van der Waals surface area contributed by atoms with Gasteiger partial charge in [0.05, 0.1) is 0 Å². The number of aryl methyl sites for hydroxylation is 1. The van der Waals surface area contributed by atoms with Crippen molar-refractivity contribution < 1.29 is 5.11 Å². The van der Waals surface area contributed by atoms with Gasteiger partial charge in [-0.15, -0.1) is 0 Å². The first-order chi connectivity index (χ1) is 8.74. The lowest BCUT2D eigenvalue weighted by atomic mass is 10.00. The summed E-state index contributed by atoms with van der Waals surface area (Å²) >= 11 is 0. The predicted molar refractivity (Wildman–Crippen MR) is 76.2 cm³/mol. The Labute approximate surface area is 111 Å².